The van der Waals surface area contributed by atoms with Gasteiger partial charge >= 0.3 is 0 Å². The van der Waals surface area contributed by atoms with E-state index in [0.29, 0.717) is 5.92 Å². The van der Waals surface area contributed by atoms with E-state index in [1.807, 2.05) is 13.1 Å². The van der Waals surface area contributed by atoms with Crippen molar-refractivity contribution in [2.24, 2.45) is 13.0 Å². The zero-order valence-corrected chi connectivity index (χ0v) is 12.7. The maximum atomic E-state index is 12.3. The number of nitrogens with zero attached hydrogens (tertiary/aromatic N) is 2. The summed E-state index contributed by atoms with van der Waals surface area (Å²) in [4.78, 5) is 12.3. The fraction of sp³-hybridized carbons (Fsp3) is 0.750. The van der Waals surface area contributed by atoms with Gasteiger partial charge in [0, 0.05) is 19.0 Å². The first-order valence-corrected chi connectivity index (χ1v) is 8.18. The zero-order valence-electron chi connectivity index (χ0n) is 12.7. The Labute approximate surface area is 125 Å². The molecule has 0 radical (unpaired) electrons. The van der Waals surface area contributed by atoms with Crippen LogP contribution < -0.4 is 5.32 Å². The Hall–Kier alpha value is -1.36. The molecule has 2 fully saturated rings. The summed E-state index contributed by atoms with van der Waals surface area (Å²) in [6.07, 6.45) is 8.23. The van der Waals surface area contributed by atoms with Crippen molar-refractivity contribution in [3.05, 3.63) is 11.8 Å². The first-order valence-electron chi connectivity index (χ1n) is 8.18. The van der Waals surface area contributed by atoms with Crippen LogP contribution in [-0.4, -0.2) is 26.9 Å². The van der Waals surface area contributed by atoms with Crippen LogP contribution in [0.15, 0.2) is 6.07 Å². The summed E-state index contributed by atoms with van der Waals surface area (Å²) < 4.78 is 1.75. The number of aliphatic hydroxyl groups is 1. The molecule has 0 saturated heterocycles. The van der Waals surface area contributed by atoms with Gasteiger partial charge < -0.3 is 10.4 Å². The second kappa shape index (κ2) is 6.18. The number of anilines is 1. The number of hydrogen-bond acceptors (Lipinski definition) is 3. The van der Waals surface area contributed by atoms with Crippen LogP contribution in [-0.2, 0) is 11.8 Å². The third-order valence-electron chi connectivity index (χ3n) is 4.99. The second-order valence-electron chi connectivity index (χ2n) is 6.51. The summed E-state index contributed by atoms with van der Waals surface area (Å²) in [5.74, 6) is 0.948. The summed E-state index contributed by atoms with van der Waals surface area (Å²) in [6.45, 7) is 0. The summed E-state index contributed by atoms with van der Waals surface area (Å²) in [7, 11) is 1.87. The highest BCUT2D eigenvalue weighted by molar-refractivity contribution is 5.92. The number of aliphatic hydroxyl groups excluding tert-OH is 1. The van der Waals surface area contributed by atoms with Crippen molar-refractivity contribution in [1.29, 1.82) is 0 Å². The van der Waals surface area contributed by atoms with E-state index in [0.717, 1.165) is 30.8 Å². The van der Waals surface area contributed by atoms with Crippen molar-refractivity contribution in [2.75, 3.05) is 5.32 Å². The number of amides is 1. The Kier molecular flexibility index (Phi) is 4.29. The predicted molar refractivity (Wildman–Crippen MR) is 81.0 cm³/mol. The van der Waals surface area contributed by atoms with Gasteiger partial charge in [0.05, 0.1) is 17.7 Å². The first-order chi connectivity index (χ1) is 10.1. The summed E-state index contributed by atoms with van der Waals surface area (Å²) in [5.41, 5.74) is 1.10. The molecule has 2 aliphatic rings. The van der Waals surface area contributed by atoms with Crippen LogP contribution in [0.3, 0.4) is 0 Å². The minimum Gasteiger partial charge on any atom is -0.392 e. The second-order valence-corrected chi connectivity index (χ2v) is 6.51. The van der Waals surface area contributed by atoms with E-state index in [9.17, 15) is 9.90 Å². The molecule has 1 aromatic rings. The number of hydrogen-bond donors (Lipinski definition) is 2. The maximum absolute atomic E-state index is 12.3. The monoisotopic (exact) mass is 291 g/mol. The Balaban J connectivity index is 1.68. The van der Waals surface area contributed by atoms with E-state index in [-0.39, 0.29) is 11.8 Å². The SMILES string of the molecule is Cn1nc(C2CCCCC2)cc1NC(=O)C1CCCC1O. The van der Waals surface area contributed by atoms with Crippen molar-refractivity contribution in [1.82, 2.24) is 9.78 Å². The molecule has 2 aliphatic carbocycles. The summed E-state index contributed by atoms with van der Waals surface area (Å²) >= 11 is 0. The number of aryl methyl sites for hydroxylation is 1. The number of rotatable bonds is 3. The van der Waals surface area contributed by atoms with E-state index >= 15 is 0 Å². The Morgan fingerprint density at radius 2 is 2.00 bits per heavy atom. The average Bonchev–Trinajstić information content (AvgIpc) is 3.07. The quantitative estimate of drug-likeness (QED) is 0.899. The molecule has 0 spiro atoms. The Morgan fingerprint density at radius 1 is 1.24 bits per heavy atom. The van der Waals surface area contributed by atoms with Gasteiger partial charge in [-0.2, -0.15) is 5.10 Å². The van der Waals surface area contributed by atoms with Crippen LogP contribution in [0.1, 0.15) is 63.0 Å². The average molecular weight is 291 g/mol. The molecular weight excluding hydrogens is 266 g/mol. The summed E-state index contributed by atoms with van der Waals surface area (Å²) in [6, 6.07) is 2.01. The number of carbonyl (C=O) groups is 1. The lowest BCUT2D eigenvalue weighted by Crippen LogP contribution is -2.29. The van der Waals surface area contributed by atoms with Gasteiger partial charge in [-0.15, -0.1) is 0 Å². The van der Waals surface area contributed by atoms with Gasteiger partial charge in [-0.05, 0) is 32.1 Å². The lowest BCUT2D eigenvalue weighted by atomic mass is 9.87. The minimum absolute atomic E-state index is 0.0711. The van der Waals surface area contributed by atoms with Gasteiger partial charge in [0.2, 0.25) is 5.91 Å². The van der Waals surface area contributed by atoms with Crippen LogP contribution >= 0.6 is 0 Å². The molecule has 1 heterocycles. The molecular formula is C16H25N3O2. The standard InChI is InChI=1S/C16H25N3O2/c1-19-15(17-16(21)12-8-5-9-14(12)20)10-13(18-19)11-6-3-2-4-7-11/h10-12,14,20H,2-9H2,1H3,(H,17,21). The van der Waals surface area contributed by atoms with E-state index in [4.69, 9.17) is 0 Å². The van der Waals surface area contributed by atoms with E-state index in [2.05, 4.69) is 10.4 Å². The van der Waals surface area contributed by atoms with Gasteiger partial charge in [-0.1, -0.05) is 19.3 Å². The largest absolute Gasteiger partial charge is 0.392 e. The molecule has 0 aromatic carbocycles. The maximum Gasteiger partial charge on any atom is 0.231 e. The molecule has 21 heavy (non-hydrogen) atoms. The molecule has 1 aromatic heterocycles. The first kappa shape index (κ1) is 14.6. The lowest BCUT2D eigenvalue weighted by Gasteiger charge is -2.19. The molecule has 2 N–H and O–H groups in total. The molecule has 116 valence electrons. The van der Waals surface area contributed by atoms with Crippen molar-refractivity contribution in [3.8, 4) is 0 Å². The van der Waals surface area contributed by atoms with Crippen molar-refractivity contribution in [3.63, 3.8) is 0 Å². The van der Waals surface area contributed by atoms with E-state index in [1.165, 1.54) is 32.1 Å². The minimum atomic E-state index is -0.490. The normalized spacial score (nSPS) is 27.0. The highest BCUT2D eigenvalue weighted by Gasteiger charge is 2.32. The molecule has 0 aliphatic heterocycles. The molecule has 1 amide bonds. The molecule has 5 nitrogen and oxygen atoms in total. The van der Waals surface area contributed by atoms with Crippen molar-refractivity contribution >= 4 is 11.7 Å². The topological polar surface area (TPSA) is 67.2 Å². The fourth-order valence-electron chi connectivity index (χ4n) is 3.67. The fourth-order valence-corrected chi connectivity index (χ4v) is 3.67. The lowest BCUT2D eigenvalue weighted by molar-refractivity contribution is -0.122. The third kappa shape index (κ3) is 3.12. The highest BCUT2D eigenvalue weighted by atomic mass is 16.3. The molecule has 5 heteroatoms. The van der Waals surface area contributed by atoms with Crippen molar-refractivity contribution in [2.45, 2.75) is 63.4 Å². The van der Waals surface area contributed by atoms with Gasteiger partial charge in [-0.3, -0.25) is 9.48 Å². The molecule has 0 bridgehead atoms. The van der Waals surface area contributed by atoms with Crippen LogP contribution in [0, 0.1) is 5.92 Å². The van der Waals surface area contributed by atoms with Crippen LogP contribution in [0.2, 0.25) is 0 Å². The Morgan fingerprint density at radius 3 is 2.67 bits per heavy atom. The van der Waals surface area contributed by atoms with Crippen molar-refractivity contribution < 1.29 is 9.90 Å². The number of aromatic nitrogens is 2. The number of nitrogens with one attached hydrogen (secondary N) is 1. The molecule has 2 saturated carbocycles. The number of carbonyl (C=O) groups excluding carboxylic acids is 1. The van der Waals surface area contributed by atoms with Gasteiger partial charge in [-0.25, -0.2) is 0 Å². The van der Waals surface area contributed by atoms with E-state index < -0.39 is 6.10 Å². The van der Waals surface area contributed by atoms with Crippen LogP contribution in [0.4, 0.5) is 5.82 Å². The summed E-state index contributed by atoms with van der Waals surface area (Å²) in [5, 5.41) is 17.3. The van der Waals surface area contributed by atoms with Gasteiger partial charge in [0.15, 0.2) is 0 Å². The zero-order chi connectivity index (χ0) is 14.8. The third-order valence-corrected chi connectivity index (χ3v) is 4.99. The van der Waals surface area contributed by atoms with E-state index in [1.54, 1.807) is 4.68 Å². The molecule has 3 rings (SSSR count). The Bertz CT molecular complexity index is 506. The van der Waals surface area contributed by atoms with Gasteiger partial charge in [0.1, 0.15) is 5.82 Å². The molecule has 2 atom stereocenters. The molecule has 2 unspecified atom stereocenters. The van der Waals surface area contributed by atoms with Gasteiger partial charge in [0.25, 0.3) is 0 Å². The predicted octanol–water partition coefficient (Wildman–Crippen LogP) is 2.57. The highest BCUT2D eigenvalue weighted by Crippen LogP contribution is 2.33. The van der Waals surface area contributed by atoms with Crippen LogP contribution in [0.25, 0.3) is 0 Å². The van der Waals surface area contributed by atoms with Crippen LogP contribution in [0.5, 0.6) is 0 Å². The smallest absolute Gasteiger partial charge is 0.231 e.